The number of carbonyl (C=O) groups is 2. The number of benzene rings is 1. The average Bonchev–Trinajstić information content (AvgIpc) is 2.53. The summed E-state index contributed by atoms with van der Waals surface area (Å²) in [5.41, 5.74) is 1.23. The zero-order valence-electron chi connectivity index (χ0n) is 16.3. The Kier molecular flexibility index (Phi) is 7.61. The molecular formula is C20H30O5. The van der Waals surface area contributed by atoms with Crippen LogP contribution in [0.3, 0.4) is 0 Å². The van der Waals surface area contributed by atoms with Gasteiger partial charge in [-0.1, -0.05) is 33.8 Å². The van der Waals surface area contributed by atoms with Gasteiger partial charge in [0.15, 0.2) is 0 Å². The summed E-state index contributed by atoms with van der Waals surface area (Å²) in [6.07, 6.45) is 0.0801. The molecule has 140 valence electrons. The SMILES string of the molecule is CCC(C)OC(=O)c1ccc(C(C)(C)C)cc1C(=O)OC(C)COC. The van der Waals surface area contributed by atoms with Crippen LogP contribution in [0.4, 0.5) is 0 Å². The van der Waals surface area contributed by atoms with Crippen LogP contribution in [0.15, 0.2) is 18.2 Å². The molecule has 1 aromatic rings. The van der Waals surface area contributed by atoms with E-state index in [4.69, 9.17) is 14.2 Å². The van der Waals surface area contributed by atoms with Gasteiger partial charge in [-0.2, -0.15) is 0 Å². The van der Waals surface area contributed by atoms with E-state index in [0.717, 1.165) is 5.56 Å². The highest BCUT2D eigenvalue weighted by Gasteiger charge is 2.25. The number of esters is 2. The highest BCUT2D eigenvalue weighted by Crippen LogP contribution is 2.26. The lowest BCUT2D eigenvalue weighted by atomic mass is 9.85. The monoisotopic (exact) mass is 350 g/mol. The van der Waals surface area contributed by atoms with E-state index in [0.29, 0.717) is 6.42 Å². The van der Waals surface area contributed by atoms with Gasteiger partial charge in [-0.15, -0.1) is 0 Å². The van der Waals surface area contributed by atoms with Crippen molar-refractivity contribution in [3.8, 4) is 0 Å². The summed E-state index contributed by atoms with van der Waals surface area (Å²) in [4.78, 5) is 25.1. The molecule has 0 heterocycles. The Hall–Kier alpha value is -1.88. The summed E-state index contributed by atoms with van der Waals surface area (Å²) in [6, 6.07) is 5.21. The maximum absolute atomic E-state index is 12.6. The molecule has 0 bridgehead atoms. The van der Waals surface area contributed by atoms with Gasteiger partial charge in [0.25, 0.3) is 0 Å². The van der Waals surface area contributed by atoms with Crippen LogP contribution in [0, 0.1) is 0 Å². The van der Waals surface area contributed by atoms with Gasteiger partial charge >= 0.3 is 11.9 Å². The van der Waals surface area contributed by atoms with Crippen molar-refractivity contribution in [1.29, 1.82) is 0 Å². The predicted octanol–water partition coefficient (Wildman–Crippen LogP) is 4.13. The molecule has 2 unspecified atom stereocenters. The van der Waals surface area contributed by atoms with Gasteiger partial charge in [0.1, 0.15) is 6.10 Å². The van der Waals surface area contributed by atoms with Crippen LogP contribution in [-0.4, -0.2) is 37.9 Å². The first-order valence-corrected chi connectivity index (χ1v) is 8.65. The Morgan fingerprint density at radius 3 is 2.08 bits per heavy atom. The van der Waals surface area contributed by atoms with Crippen LogP contribution in [-0.2, 0) is 19.6 Å². The Balaban J connectivity index is 3.23. The molecule has 0 aliphatic rings. The van der Waals surface area contributed by atoms with E-state index in [1.165, 1.54) is 0 Å². The maximum atomic E-state index is 12.6. The van der Waals surface area contributed by atoms with Crippen molar-refractivity contribution in [3.05, 3.63) is 34.9 Å². The molecule has 0 saturated carbocycles. The first-order chi connectivity index (χ1) is 11.6. The highest BCUT2D eigenvalue weighted by atomic mass is 16.6. The van der Waals surface area contributed by atoms with E-state index in [1.807, 2.05) is 40.7 Å². The molecule has 25 heavy (non-hydrogen) atoms. The summed E-state index contributed by atoms with van der Waals surface area (Å²) in [7, 11) is 1.54. The normalized spacial score (nSPS) is 13.9. The largest absolute Gasteiger partial charge is 0.459 e. The molecule has 0 amide bonds. The number of hydrogen-bond donors (Lipinski definition) is 0. The number of rotatable bonds is 7. The van der Waals surface area contributed by atoms with Crippen LogP contribution >= 0.6 is 0 Å². The topological polar surface area (TPSA) is 61.8 Å². The van der Waals surface area contributed by atoms with E-state index >= 15 is 0 Å². The first-order valence-electron chi connectivity index (χ1n) is 8.65. The van der Waals surface area contributed by atoms with Crippen LogP contribution in [0.1, 0.15) is 74.2 Å². The lowest BCUT2D eigenvalue weighted by molar-refractivity contribution is 0.0111. The van der Waals surface area contributed by atoms with Crippen molar-refractivity contribution in [3.63, 3.8) is 0 Å². The summed E-state index contributed by atoms with van der Waals surface area (Å²) in [5, 5.41) is 0. The summed E-state index contributed by atoms with van der Waals surface area (Å²) >= 11 is 0. The van der Waals surface area contributed by atoms with E-state index in [9.17, 15) is 9.59 Å². The van der Waals surface area contributed by atoms with Crippen LogP contribution in [0.2, 0.25) is 0 Å². The van der Waals surface area contributed by atoms with Gasteiger partial charge in [-0.05, 0) is 43.4 Å². The van der Waals surface area contributed by atoms with Crippen molar-refractivity contribution in [2.24, 2.45) is 0 Å². The molecule has 0 aliphatic carbocycles. The Labute approximate surface area is 150 Å². The Morgan fingerprint density at radius 2 is 1.56 bits per heavy atom. The predicted molar refractivity (Wildman–Crippen MR) is 97.1 cm³/mol. The fraction of sp³-hybridized carbons (Fsp3) is 0.600. The minimum Gasteiger partial charge on any atom is -0.459 e. The summed E-state index contributed by atoms with van der Waals surface area (Å²) in [5.74, 6) is -1.06. The van der Waals surface area contributed by atoms with E-state index in [-0.39, 0.29) is 29.3 Å². The second-order valence-corrected chi connectivity index (χ2v) is 7.31. The van der Waals surface area contributed by atoms with Crippen LogP contribution in [0.25, 0.3) is 0 Å². The van der Waals surface area contributed by atoms with Crippen molar-refractivity contribution >= 4 is 11.9 Å². The van der Waals surface area contributed by atoms with Crippen LogP contribution in [0.5, 0.6) is 0 Å². The maximum Gasteiger partial charge on any atom is 0.339 e. The number of methoxy groups -OCH3 is 1. The zero-order chi connectivity index (χ0) is 19.2. The van der Waals surface area contributed by atoms with Gasteiger partial charge in [0, 0.05) is 7.11 Å². The molecule has 0 spiro atoms. The molecule has 0 fully saturated rings. The third-order valence-corrected chi connectivity index (χ3v) is 3.92. The van der Waals surface area contributed by atoms with Gasteiger partial charge < -0.3 is 14.2 Å². The van der Waals surface area contributed by atoms with Crippen molar-refractivity contribution in [2.75, 3.05) is 13.7 Å². The number of hydrogen-bond acceptors (Lipinski definition) is 5. The van der Waals surface area contributed by atoms with Gasteiger partial charge in [0.05, 0.1) is 23.8 Å². The molecule has 0 aliphatic heterocycles. The first kappa shape index (κ1) is 21.2. The molecular weight excluding hydrogens is 320 g/mol. The lowest BCUT2D eigenvalue weighted by Crippen LogP contribution is -2.24. The molecule has 2 atom stereocenters. The summed E-state index contributed by atoms with van der Waals surface area (Å²) < 4.78 is 15.8. The molecule has 1 rings (SSSR count). The molecule has 5 nitrogen and oxygen atoms in total. The smallest absolute Gasteiger partial charge is 0.339 e. The molecule has 1 aromatic carbocycles. The molecule has 0 N–H and O–H groups in total. The van der Waals surface area contributed by atoms with Crippen molar-refractivity contribution in [1.82, 2.24) is 0 Å². The molecule has 0 aromatic heterocycles. The third kappa shape index (κ3) is 6.16. The van der Waals surface area contributed by atoms with Gasteiger partial charge in [-0.25, -0.2) is 9.59 Å². The second-order valence-electron chi connectivity index (χ2n) is 7.31. The quantitative estimate of drug-likeness (QED) is 0.692. The standard InChI is InChI=1S/C20H30O5/c1-8-13(2)24-18(21)16-10-9-15(20(4,5)6)11-17(16)19(22)25-14(3)12-23-7/h9-11,13-14H,8,12H2,1-7H3. The average molecular weight is 350 g/mol. The zero-order valence-corrected chi connectivity index (χ0v) is 16.3. The van der Waals surface area contributed by atoms with Crippen molar-refractivity contribution in [2.45, 2.75) is 65.6 Å². The Bertz CT molecular complexity index is 601. The number of carbonyl (C=O) groups excluding carboxylic acids is 2. The van der Waals surface area contributed by atoms with Crippen LogP contribution < -0.4 is 0 Å². The van der Waals surface area contributed by atoms with Crippen molar-refractivity contribution < 1.29 is 23.8 Å². The minimum absolute atomic E-state index is 0.160. The van der Waals surface area contributed by atoms with E-state index < -0.39 is 18.0 Å². The molecule has 0 saturated heterocycles. The Morgan fingerprint density at radius 1 is 1.00 bits per heavy atom. The van der Waals surface area contributed by atoms with Gasteiger partial charge in [0.2, 0.25) is 0 Å². The van der Waals surface area contributed by atoms with E-state index in [2.05, 4.69) is 0 Å². The summed E-state index contributed by atoms with van der Waals surface area (Å²) in [6.45, 7) is 11.9. The highest BCUT2D eigenvalue weighted by molar-refractivity contribution is 6.03. The van der Waals surface area contributed by atoms with E-state index in [1.54, 1.807) is 26.2 Å². The lowest BCUT2D eigenvalue weighted by Gasteiger charge is -2.22. The fourth-order valence-electron chi connectivity index (χ4n) is 2.20. The third-order valence-electron chi connectivity index (χ3n) is 3.92. The molecule has 0 radical (unpaired) electrons. The van der Waals surface area contributed by atoms with Gasteiger partial charge in [-0.3, -0.25) is 0 Å². The minimum atomic E-state index is -0.549. The number of ether oxygens (including phenoxy) is 3. The molecule has 5 heteroatoms. The second kappa shape index (κ2) is 8.99. The fourth-order valence-corrected chi connectivity index (χ4v) is 2.20.